The lowest BCUT2D eigenvalue weighted by molar-refractivity contribution is -0.119. The van der Waals surface area contributed by atoms with Gasteiger partial charge in [0.2, 0.25) is 5.91 Å². The van der Waals surface area contributed by atoms with Crippen molar-refractivity contribution in [1.29, 1.82) is 0 Å². The summed E-state index contributed by atoms with van der Waals surface area (Å²) >= 11 is 5.97. The number of halogens is 1. The Balaban J connectivity index is 1.70. The van der Waals surface area contributed by atoms with Crippen LogP contribution in [0.3, 0.4) is 0 Å². The first-order valence-corrected chi connectivity index (χ1v) is 12.4. The van der Waals surface area contributed by atoms with E-state index in [0.717, 1.165) is 9.87 Å². The number of ether oxygens (including phenoxy) is 2. The fourth-order valence-electron chi connectivity index (χ4n) is 3.15. The molecule has 0 heterocycles. The molecule has 0 radical (unpaired) electrons. The van der Waals surface area contributed by atoms with E-state index in [2.05, 4.69) is 5.32 Å². The van der Waals surface area contributed by atoms with E-state index in [9.17, 15) is 13.2 Å². The van der Waals surface area contributed by atoms with Crippen LogP contribution in [-0.2, 0) is 14.8 Å². The van der Waals surface area contributed by atoms with Crippen LogP contribution in [0.15, 0.2) is 71.6 Å². The van der Waals surface area contributed by atoms with Crippen LogP contribution in [0.25, 0.3) is 0 Å². The van der Waals surface area contributed by atoms with Gasteiger partial charge in [0.05, 0.1) is 24.2 Å². The Kier molecular flexibility index (Phi) is 8.41. The predicted octanol–water partition coefficient (Wildman–Crippen LogP) is 4.36. The van der Waals surface area contributed by atoms with Gasteiger partial charge in [-0.05, 0) is 85.6 Å². The molecule has 0 aliphatic carbocycles. The van der Waals surface area contributed by atoms with Crippen molar-refractivity contribution in [3.8, 4) is 11.5 Å². The van der Waals surface area contributed by atoms with Crippen molar-refractivity contribution in [3.63, 3.8) is 0 Å². The second-order valence-corrected chi connectivity index (χ2v) is 9.91. The Bertz CT molecular complexity index is 1230. The summed E-state index contributed by atoms with van der Waals surface area (Å²) in [6.07, 6.45) is 0. The van der Waals surface area contributed by atoms with Gasteiger partial charge in [-0.3, -0.25) is 9.10 Å². The summed E-state index contributed by atoms with van der Waals surface area (Å²) in [6.45, 7) is 4.09. The molecule has 9 heteroatoms. The molecule has 0 atom stereocenters. The molecule has 3 aromatic rings. The Labute approximate surface area is 205 Å². The quantitative estimate of drug-likeness (QED) is 0.416. The smallest absolute Gasteiger partial charge is 0.264 e. The summed E-state index contributed by atoms with van der Waals surface area (Å²) in [4.78, 5) is 12.7. The maximum Gasteiger partial charge on any atom is 0.264 e. The van der Waals surface area contributed by atoms with E-state index in [0.29, 0.717) is 22.2 Å². The number of nitrogens with one attached hydrogen (secondary N) is 1. The highest BCUT2D eigenvalue weighted by atomic mass is 35.5. The highest BCUT2D eigenvalue weighted by Gasteiger charge is 2.27. The van der Waals surface area contributed by atoms with Gasteiger partial charge in [0.1, 0.15) is 24.7 Å². The third kappa shape index (κ3) is 6.42. The van der Waals surface area contributed by atoms with Gasteiger partial charge in [-0.25, -0.2) is 8.42 Å². The molecule has 3 rings (SSSR count). The summed E-state index contributed by atoms with van der Waals surface area (Å²) in [7, 11) is -2.53. The van der Waals surface area contributed by atoms with Crippen LogP contribution >= 0.6 is 11.6 Å². The molecule has 0 spiro atoms. The van der Waals surface area contributed by atoms with Crippen molar-refractivity contribution in [2.75, 3.05) is 31.1 Å². The molecule has 1 amide bonds. The van der Waals surface area contributed by atoms with Crippen LogP contribution < -0.4 is 19.1 Å². The summed E-state index contributed by atoms with van der Waals surface area (Å²) in [5.74, 6) is 0.774. The highest BCUT2D eigenvalue weighted by molar-refractivity contribution is 7.92. The van der Waals surface area contributed by atoms with Crippen molar-refractivity contribution in [1.82, 2.24) is 5.32 Å². The Hall–Kier alpha value is -3.23. The zero-order valence-corrected chi connectivity index (χ0v) is 20.8. The largest absolute Gasteiger partial charge is 0.497 e. The first-order valence-electron chi connectivity index (χ1n) is 10.6. The molecule has 0 bridgehead atoms. The molecule has 180 valence electrons. The minimum Gasteiger partial charge on any atom is -0.497 e. The molecule has 0 aromatic heterocycles. The van der Waals surface area contributed by atoms with Gasteiger partial charge in [-0.15, -0.1) is 0 Å². The number of aryl methyl sites for hydroxylation is 2. The highest BCUT2D eigenvalue weighted by Crippen LogP contribution is 2.26. The van der Waals surface area contributed by atoms with Gasteiger partial charge in [-0.2, -0.15) is 0 Å². The number of hydrogen-bond donors (Lipinski definition) is 1. The minimum atomic E-state index is -4.03. The summed E-state index contributed by atoms with van der Waals surface area (Å²) in [6, 6.07) is 18.0. The zero-order valence-electron chi connectivity index (χ0n) is 19.2. The SMILES string of the molecule is COc1ccc(S(=O)(=O)N(CC(=O)NCCOc2ccc(C)c(C)c2)c2ccc(Cl)cc2)cc1. The molecule has 0 saturated heterocycles. The molecule has 0 fully saturated rings. The van der Waals surface area contributed by atoms with E-state index in [1.54, 1.807) is 36.4 Å². The number of anilines is 1. The van der Waals surface area contributed by atoms with Crippen LogP contribution in [0.5, 0.6) is 11.5 Å². The lowest BCUT2D eigenvalue weighted by Gasteiger charge is -2.24. The third-order valence-corrected chi connectivity index (χ3v) is 7.26. The number of hydrogen-bond acceptors (Lipinski definition) is 5. The van der Waals surface area contributed by atoms with E-state index in [-0.39, 0.29) is 18.0 Å². The molecule has 3 aromatic carbocycles. The van der Waals surface area contributed by atoms with Gasteiger partial charge >= 0.3 is 0 Å². The van der Waals surface area contributed by atoms with Gasteiger partial charge < -0.3 is 14.8 Å². The van der Waals surface area contributed by atoms with Crippen molar-refractivity contribution in [2.45, 2.75) is 18.7 Å². The van der Waals surface area contributed by atoms with Gasteiger partial charge in [0.15, 0.2) is 0 Å². The van der Waals surface area contributed by atoms with E-state index in [1.165, 1.54) is 24.8 Å². The molecule has 0 aliphatic heterocycles. The monoisotopic (exact) mass is 502 g/mol. The number of sulfonamides is 1. The van der Waals surface area contributed by atoms with Crippen LogP contribution in [-0.4, -0.2) is 41.1 Å². The summed E-state index contributed by atoms with van der Waals surface area (Å²) in [5, 5.41) is 3.17. The van der Waals surface area contributed by atoms with Crippen molar-refractivity contribution < 1.29 is 22.7 Å². The number of rotatable bonds is 10. The lowest BCUT2D eigenvalue weighted by atomic mass is 10.1. The molecule has 0 unspecified atom stereocenters. The predicted molar refractivity (Wildman–Crippen MR) is 133 cm³/mol. The zero-order chi connectivity index (χ0) is 24.7. The maximum absolute atomic E-state index is 13.4. The fraction of sp³-hybridized carbons (Fsp3) is 0.240. The van der Waals surface area contributed by atoms with Crippen molar-refractivity contribution >= 4 is 33.2 Å². The Morgan fingerprint density at radius 1 is 0.941 bits per heavy atom. The van der Waals surface area contributed by atoms with E-state index >= 15 is 0 Å². The Morgan fingerprint density at radius 2 is 1.59 bits per heavy atom. The molecule has 0 saturated carbocycles. The molecule has 0 aliphatic rings. The minimum absolute atomic E-state index is 0.0362. The number of amides is 1. The normalized spacial score (nSPS) is 11.1. The van der Waals surface area contributed by atoms with Gasteiger partial charge in [0, 0.05) is 5.02 Å². The maximum atomic E-state index is 13.4. The topological polar surface area (TPSA) is 84.9 Å². The molecule has 34 heavy (non-hydrogen) atoms. The third-order valence-electron chi connectivity index (χ3n) is 5.22. The molecule has 1 N–H and O–H groups in total. The Morgan fingerprint density at radius 3 is 2.21 bits per heavy atom. The van der Waals surface area contributed by atoms with Crippen molar-refractivity contribution in [2.24, 2.45) is 0 Å². The molecular weight excluding hydrogens is 476 g/mol. The number of nitrogens with zero attached hydrogens (tertiary/aromatic N) is 1. The van der Waals surface area contributed by atoms with Gasteiger partial charge in [-0.1, -0.05) is 17.7 Å². The summed E-state index contributed by atoms with van der Waals surface area (Å²) in [5.41, 5.74) is 2.60. The van der Waals surface area contributed by atoms with Gasteiger partial charge in [0.25, 0.3) is 10.0 Å². The standard InChI is InChI=1S/C25H27ClN2O5S/c1-18-4-9-23(16-19(18)2)33-15-14-27-25(29)17-28(21-7-5-20(26)6-8-21)34(30,31)24-12-10-22(32-3)11-13-24/h4-13,16H,14-15,17H2,1-3H3,(H,27,29). The first kappa shape index (κ1) is 25.4. The number of carbonyl (C=O) groups is 1. The summed E-state index contributed by atoms with van der Waals surface area (Å²) < 4.78 is 38.6. The second-order valence-electron chi connectivity index (χ2n) is 7.61. The number of benzene rings is 3. The second kappa shape index (κ2) is 11.3. The van der Waals surface area contributed by atoms with Crippen LogP contribution in [0.4, 0.5) is 5.69 Å². The van der Waals surface area contributed by atoms with E-state index in [1.807, 2.05) is 32.0 Å². The van der Waals surface area contributed by atoms with E-state index in [4.69, 9.17) is 21.1 Å². The van der Waals surface area contributed by atoms with E-state index < -0.39 is 22.5 Å². The number of methoxy groups -OCH3 is 1. The average molecular weight is 503 g/mol. The fourth-order valence-corrected chi connectivity index (χ4v) is 4.69. The molecule has 7 nitrogen and oxygen atoms in total. The van der Waals surface area contributed by atoms with Crippen molar-refractivity contribution in [3.05, 3.63) is 82.9 Å². The lowest BCUT2D eigenvalue weighted by Crippen LogP contribution is -2.41. The van der Waals surface area contributed by atoms with Crippen LogP contribution in [0, 0.1) is 13.8 Å². The average Bonchev–Trinajstić information content (AvgIpc) is 2.83. The molecular formula is C25H27ClN2O5S. The number of carbonyl (C=O) groups excluding carboxylic acids is 1. The van der Waals surface area contributed by atoms with Crippen LogP contribution in [0.2, 0.25) is 5.02 Å². The van der Waals surface area contributed by atoms with Crippen LogP contribution in [0.1, 0.15) is 11.1 Å². The first-order chi connectivity index (χ1) is 16.2.